The lowest BCUT2D eigenvalue weighted by Crippen LogP contribution is -2.00. The zero-order valence-electron chi connectivity index (χ0n) is 16.2. The van der Waals surface area contributed by atoms with Crippen molar-refractivity contribution >= 4 is 28.5 Å². The average Bonchev–Trinajstić information content (AvgIpc) is 3.27. The summed E-state index contributed by atoms with van der Waals surface area (Å²) in [6.07, 6.45) is 1.74. The first-order valence-corrected chi connectivity index (χ1v) is 9.69. The highest BCUT2D eigenvalue weighted by molar-refractivity contribution is 6.34. The number of rotatable bonds is 4. The summed E-state index contributed by atoms with van der Waals surface area (Å²) in [5.74, 6) is -1.52. The number of carboxylic acid groups (broad SMARTS) is 1. The molecular weight excluding hydrogens is 391 g/mol. The van der Waals surface area contributed by atoms with Crippen LogP contribution in [0.15, 0.2) is 42.6 Å². The van der Waals surface area contributed by atoms with E-state index in [9.17, 15) is 14.3 Å². The van der Waals surface area contributed by atoms with Gasteiger partial charge in [0.2, 0.25) is 0 Å². The second-order valence-electron chi connectivity index (χ2n) is 7.45. The molecule has 0 aliphatic rings. The van der Waals surface area contributed by atoms with Crippen molar-refractivity contribution in [1.29, 1.82) is 0 Å². The van der Waals surface area contributed by atoms with Gasteiger partial charge in [-0.15, -0.1) is 0 Å². The van der Waals surface area contributed by atoms with Gasteiger partial charge in [-0.25, -0.2) is 9.18 Å². The summed E-state index contributed by atoms with van der Waals surface area (Å²) in [4.78, 5) is 18.2. The van der Waals surface area contributed by atoms with E-state index in [0.29, 0.717) is 32.9 Å². The summed E-state index contributed by atoms with van der Waals surface area (Å²) in [5, 5.41) is 11.2. The van der Waals surface area contributed by atoms with Crippen molar-refractivity contribution < 1.29 is 14.3 Å². The van der Waals surface area contributed by atoms with Gasteiger partial charge in [-0.3, -0.25) is 0 Å². The molecule has 0 atom stereocenters. The minimum Gasteiger partial charge on any atom is -0.477 e. The summed E-state index contributed by atoms with van der Waals surface area (Å²) in [6, 6.07) is 10.3. The first-order chi connectivity index (χ1) is 13.8. The van der Waals surface area contributed by atoms with Gasteiger partial charge in [0.1, 0.15) is 11.5 Å². The quantitative estimate of drug-likeness (QED) is 0.348. The van der Waals surface area contributed by atoms with Crippen molar-refractivity contribution in [3.8, 4) is 22.4 Å². The van der Waals surface area contributed by atoms with Crippen molar-refractivity contribution in [1.82, 2.24) is 9.97 Å². The molecule has 4 nitrogen and oxygen atoms in total. The Bertz CT molecular complexity index is 1250. The van der Waals surface area contributed by atoms with E-state index in [1.54, 1.807) is 6.20 Å². The zero-order valence-corrected chi connectivity index (χ0v) is 17.0. The van der Waals surface area contributed by atoms with Crippen LogP contribution in [0.1, 0.15) is 41.4 Å². The Labute approximate surface area is 172 Å². The maximum absolute atomic E-state index is 14.3. The summed E-state index contributed by atoms with van der Waals surface area (Å²) < 4.78 is 14.3. The van der Waals surface area contributed by atoms with E-state index in [2.05, 4.69) is 9.97 Å². The van der Waals surface area contributed by atoms with E-state index in [-0.39, 0.29) is 11.6 Å². The van der Waals surface area contributed by atoms with Crippen LogP contribution in [-0.2, 0) is 0 Å². The van der Waals surface area contributed by atoms with E-state index in [1.165, 1.54) is 12.1 Å². The van der Waals surface area contributed by atoms with Gasteiger partial charge in [0.05, 0.1) is 10.7 Å². The Balaban J connectivity index is 2.13. The molecule has 0 unspecified atom stereocenters. The van der Waals surface area contributed by atoms with E-state index in [4.69, 9.17) is 11.6 Å². The summed E-state index contributed by atoms with van der Waals surface area (Å²) in [7, 11) is 0. The van der Waals surface area contributed by atoms with Gasteiger partial charge in [-0.1, -0.05) is 43.6 Å². The summed E-state index contributed by atoms with van der Waals surface area (Å²) in [6.45, 7) is 5.85. The van der Waals surface area contributed by atoms with Gasteiger partial charge in [0.15, 0.2) is 0 Å². The molecule has 29 heavy (non-hydrogen) atoms. The first-order valence-electron chi connectivity index (χ1n) is 9.31. The smallest absolute Gasteiger partial charge is 0.352 e. The van der Waals surface area contributed by atoms with Crippen LogP contribution in [0.2, 0.25) is 5.02 Å². The molecule has 6 heteroatoms. The maximum Gasteiger partial charge on any atom is 0.352 e. The van der Waals surface area contributed by atoms with Crippen molar-refractivity contribution in [3.63, 3.8) is 0 Å². The summed E-state index contributed by atoms with van der Waals surface area (Å²) >= 11 is 6.57. The molecule has 3 N–H and O–H groups in total. The number of hydrogen-bond donors (Lipinski definition) is 3. The second-order valence-corrected chi connectivity index (χ2v) is 7.83. The molecule has 0 aliphatic heterocycles. The highest BCUT2D eigenvalue weighted by atomic mass is 35.5. The van der Waals surface area contributed by atoms with Crippen molar-refractivity contribution in [2.75, 3.05) is 0 Å². The second kappa shape index (κ2) is 7.08. The number of H-pyrrole nitrogens is 2. The Morgan fingerprint density at radius 2 is 1.93 bits per heavy atom. The number of fused-ring (bicyclic) bond motifs is 1. The molecule has 148 valence electrons. The molecule has 0 amide bonds. The Morgan fingerprint density at radius 1 is 1.17 bits per heavy atom. The van der Waals surface area contributed by atoms with Gasteiger partial charge in [0, 0.05) is 33.8 Å². The lowest BCUT2D eigenvalue weighted by Gasteiger charge is -2.14. The number of aromatic carboxylic acids is 1. The van der Waals surface area contributed by atoms with Gasteiger partial charge in [-0.05, 0) is 42.2 Å². The zero-order chi connectivity index (χ0) is 20.9. The fourth-order valence-corrected chi connectivity index (χ4v) is 4.14. The number of hydrogen-bond acceptors (Lipinski definition) is 1. The summed E-state index contributed by atoms with van der Waals surface area (Å²) in [5.41, 5.74) is 4.75. The van der Waals surface area contributed by atoms with Crippen LogP contribution in [0, 0.1) is 12.7 Å². The Kier molecular flexibility index (Phi) is 4.71. The fourth-order valence-electron chi connectivity index (χ4n) is 3.92. The molecule has 0 fully saturated rings. The number of halogens is 2. The number of aromatic nitrogens is 2. The molecule has 2 aromatic heterocycles. The maximum atomic E-state index is 14.3. The molecule has 0 saturated carbocycles. The third kappa shape index (κ3) is 3.12. The largest absolute Gasteiger partial charge is 0.477 e. The van der Waals surface area contributed by atoms with Gasteiger partial charge in [0.25, 0.3) is 0 Å². The highest BCUT2D eigenvalue weighted by Gasteiger charge is 2.28. The number of nitrogens with one attached hydrogen (secondary N) is 2. The van der Waals surface area contributed by atoms with Crippen LogP contribution in [0.25, 0.3) is 33.3 Å². The SMILES string of the molecule is Cc1cccc(-c2c(C(=O)O)[nH]c(-c3cc(F)cc4[nH]ccc34)c2C(C)C)c1Cl. The van der Waals surface area contributed by atoms with Crippen molar-refractivity contribution in [2.45, 2.75) is 26.7 Å². The normalized spacial score (nSPS) is 11.5. The molecule has 4 aromatic rings. The number of carboxylic acids is 1. The third-order valence-electron chi connectivity index (χ3n) is 5.19. The van der Waals surface area contributed by atoms with E-state index in [1.807, 2.05) is 45.0 Å². The molecular formula is C23H20ClFN2O2. The fraction of sp³-hybridized carbons (Fsp3) is 0.174. The van der Waals surface area contributed by atoms with Crippen molar-refractivity contribution in [3.05, 3.63) is 70.3 Å². The highest BCUT2D eigenvalue weighted by Crippen LogP contribution is 2.44. The molecule has 4 rings (SSSR count). The predicted molar refractivity (Wildman–Crippen MR) is 114 cm³/mol. The molecule has 0 bridgehead atoms. The van der Waals surface area contributed by atoms with E-state index in [0.717, 1.165) is 16.5 Å². The molecule has 2 heterocycles. The average molecular weight is 411 g/mol. The minimum absolute atomic E-state index is 0.0295. The number of benzene rings is 2. The van der Waals surface area contributed by atoms with Crippen LogP contribution in [-0.4, -0.2) is 21.0 Å². The molecule has 0 spiro atoms. The standard InChI is InChI=1S/C23H20ClFN2O2/c1-11(2)18-19(15-6-4-5-12(3)20(15)24)22(23(28)29)27-21(18)16-9-13(25)10-17-14(16)7-8-26-17/h4-11,26-27H,1-3H3,(H,28,29). The van der Waals surface area contributed by atoms with Crippen LogP contribution in [0.3, 0.4) is 0 Å². The van der Waals surface area contributed by atoms with Crippen LogP contribution in [0.5, 0.6) is 0 Å². The van der Waals surface area contributed by atoms with Gasteiger partial charge >= 0.3 is 5.97 Å². The monoisotopic (exact) mass is 410 g/mol. The number of aryl methyl sites for hydroxylation is 1. The molecule has 0 aliphatic carbocycles. The van der Waals surface area contributed by atoms with Crippen LogP contribution >= 0.6 is 11.6 Å². The third-order valence-corrected chi connectivity index (χ3v) is 5.70. The van der Waals surface area contributed by atoms with Crippen molar-refractivity contribution in [2.24, 2.45) is 0 Å². The topological polar surface area (TPSA) is 68.9 Å². The van der Waals surface area contributed by atoms with Crippen LogP contribution in [0.4, 0.5) is 4.39 Å². The minimum atomic E-state index is -1.09. The Hall–Kier alpha value is -3.05. The first kappa shape index (κ1) is 19.3. The van der Waals surface area contributed by atoms with E-state index >= 15 is 0 Å². The number of aromatic amines is 2. The van der Waals surface area contributed by atoms with Gasteiger partial charge in [-0.2, -0.15) is 0 Å². The molecule has 2 aromatic carbocycles. The molecule has 0 saturated heterocycles. The lowest BCUT2D eigenvalue weighted by atomic mass is 9.89. The van der Waals surface area contributed by atoms with E-state index < -0.39 is 11.8 Å². The van der Waals surface area contributed by atoms with Gasteiger partial charge < -0.3 is 15.1 Å². The Morgan fingerprint density at radius 3 is 2.62 bits per heavy atom. The van der Waals surface area contributed by atoms with Crippen LogP contribution < -0.4 is 0 Å². The number of carbonyl (C=O) groups is 1. The molecule has 0 radical (unpaired) electrons. The lowest BCUT2D eigenvalue weighted by molar-refractivity contribution is 0.0692. The predicted octanol–water partition coefficient (Wildman–Crippen LogP) is 6.75.